The molecule has 2 heterocycles. The Morgan fingerprint density at radius 2 is 0.877 bits per heavy atom. The van der Waals surface area contributed by atoms with Crippen LogP contribution >= 0.6 is 11.3 Å². The Labute approximate surface area is 335 Å². The van der Waals surface area contributed by atoms with Gasteiger partial charge >= 0.3 is 0 Å². The standard InChI is InChI=1S/C54H35NOS/c1-3-12-36(13-4-1)38-22-24-41(25-23-38)52-48(34-35-50-53(52)47-17-7-9-20-49(47)56-50)55(42-30-26-39(27-31-42)37-14-5-2-6-15-37)43-32-28-40(29-33-43)44-18-11-19-46-45-16-8-10-21-51(45)57-54(44)46/h1-35H. The average molecular weight is 746 g/mol. The summed E-state index contributed by atoms with van der Waals surface area (Å²) < 4.78 is 9.15. The second kappa shape index (κ2) is 13.8. The SMILES string of the molecule is c1ccc(-c2ccc(-c3c(N(c4ccc(-c5ccccc5)cc4)c4ccc(-c5cccc6c5sc5ccccc56)cc4)ccc4oc5ccccc5c34)cc2)cc1. The molecule has 2 nitrogen and oxygen atoms in total. The Bertz CT molecular complexity index is 3200. The molecule has 0 amide bonds. The molecule has 0 N–H and O–H groups in total. The molecule has 0 aliphatic carbocycles. The summed E-state index contributed by atoms with van der Waals surface area (Å²) in [5, 5.41) is 4.82. The van der Waals surface area contributed by atoms with Crippen LogP contribution in [0.4, 0.5) is 17.1 Å². The summed E-state index contributed by atoms with van der Waals surface area (Å²) in [6.07, 6.45) is 0. The molecule has 0 bridgehead atoms. The van der Waals surface area contributed by atoms with Crippen LogP contribution in [0.3, 0.4) is 0 Å². The molecule has 268 valence electrons. The van der Waals surface area contributed by atoms with Crippen molar-refractivity contribution in [1.82, 2.24) is 0 Å². The van der Waals surface area contributed by atoms with Crippen molar-refractivity contribution in [1.29, 1.82) is 0 Å². The first kappa shape index (κ1) is 33.2. The Morgan fingerprint density at radius 1 is 0.351 bits per heavy atom. The van der Waals surface area contributed by atoms with Gasteiger partial charge in [0.25, 0.3) is 0 Å². The second-order valence-electron chi connectivity index (χ2n) is 14.5. The van der Waals surface area contributed by atoms with Crippen LogP contribution in [0.25, 0.3) is 86.6 Å². The van der Waals surface area contributed by atoms with E-state index in [2.05, 4.69) is 211 Å². The van der Waals surface area contributed by atoms with Crippen molar-refractivity contribution in [2.45, 2.75) is 0 Å². The van der Waals surface area contributed by atoms with Gasteiger partial charge in [-0.15, -0.1) is 11.3 Å². The van der Waals surface area contributed by atoms with Crippen LogP contribution in [-0.4, -0.2) is 0 Å². The summed E-state index contributed by atoms with van der Waals surface area (Å²) in [6.45, 7) is 0. The first-order valence-electron chi connectivity index (χ1n) is 19.3. The molecule has 57 heavy (non-hydrogen) atoms. The average Bonchev–Trinajstić information content (AvgIpc) is 3.86. The van der Waals surface area contributed by atoms with Gasteiger partial charge in [-0.05, 0) is 87.5 Å². The van der Waals surface area contributed by atoms with E-state index < -0.39 is 0 Å². The molecule has 2 aromatic heterocycles. The number of hydrogen-bond donors (Lipinski definition) is 0. The molecule has 9 aromatic carbocycles. The summed E-state index contributed by atoms with van der Waals surface area (Å²) in [6, 6.07) is 76.3. The molecule has 0 fully saturated rings. The minimum Gasteiger partial charge on any atom is -0.456 e. The maximum Gasteiger partial charge on any atom is 0.136 e. The Hall–Kier alpha value is -7.20. The third kappa shape index (κ3) is 5.80. The topological polar surface area (TPSA) is 16.4 Å². The number of furan rings is 1. The number of hydrogen-bond acceptors (Lipinski definition) is 3. The lowest BCUT2D eigenvalue weighted by Crippen LogP contribution is -2.11. The molecule has 0 radical (unpaired) electrons. The van der Waals surface area contributed by atoms with Crippen molar-refractivity contribution in [3.8, 4) is 44.5 Å². The van der Waals surface area contributed by atoms with Crippen LogP contribution in [0, 0.1) is 0 Å². The minimum absolute atomic E-state index is 0.869. The van der Waals surface area contributed by atoms with Gasteiger partial charge in [-0.2, -0.15) is 0 Å². The molecule has 3 heteroatoms. The Morgan fingerprint density at radius 3 is 1.56 bits per heavy atom. The third-order valence-electron chi connectivity index (χ3n) is 11.1. The highest BCUT2D eigenvalue weighted by molar-refractivity contribution is 7.26. The summed E-state index contributed by atoms with van der Waals surface area (Å²) in [5.41, 5.74) is 14.4. The molecule has 0 saturated carbocycles. The Balaban J connectivity index is 1.11. The van der Waals surface area contributed by atoms with Gasteiger partial charge in [-0.3, -0.25) is 0 Å². The molecular formula is C54H35NOS. The van der Waals surface area contributed by atoms with Crippen molar-refractivity contribution in [3.05, 3.63) is 212 Å². The largest absolute Gasteiger partial charge is 0.456 e. The number of nitrogens with zero attached hydrogens (tertiary/aromatic N) is 1. The molecule has 0 spiro atoms. The number of thiophene rings is 1. The van der Waals surface area contributed by atoms with Gasteiger partial charge in [0.05, 0.1) is 5.69 Å². The predicted octanol–water partition coefficient (Wildman–Crippen LogP) is 16.1. The van der Waals surface area contributed by atoms with Crippen LogP contribution in [0.1, 0.15) is 0 Å². The lowest BCUT2D eigenvalue weighted by atomic mass is 9.94. The van der Waals surface area contributed by atoms with Gasteiger partial charge in [-0.25, -0.2) is 0 Å². The van der Waals surface area contributed by atoms with E-state index in [-0.39, 0.29) is 0 Å². The highest BCUT2D eigenvalue weighted by Gasteiger charge is 2.23. The molecule has 0 unspecified atom stereocenters. The molecular weight excluding hydrogens is 711 g/mol. The van der Waals surface area contributed by atoms with Gasteiger partial charge in [0.2, 0.25) is 0 Å². The zero-order chi connectivity index (χ0) is 37.7. The van der Waals surface area contributed by atoms with E-state index in [4.69, 9.17) is 4.42 Å². The molecule has 0 atom stereocenters. The van der Waals surface area contributed by atoms with E-state index in [1.807, 2.05) is 17.4 Å². The first-order chi connectivity index (χ1) is 28.3. The number of rotatable bonds is 7. The van der Waals surface area contributed by atoms with Crippen molar-refractivity contribution < 1.29 is 4.42 Å². The van der Waals surface area contributed by atoms with Gasteiger partial charge in [0, 0.05) is 47.9 Å². The quantitative estimate of drug-likeness (QED) is 0.162. The number of fused-ring (bicyclic) bond motifs is 6. The van der Waals surface area contributed by atoms with Gasteiger partial charge in [0.15, 0.2) is 0 Å². The van der Waals surface area contributed by atoms with Crippen molar-refractivity contribution >= 4 is 70.5 Å². The highest BCUT2D eigenvalue weighted by Crippen LogP contribution is 2.48. The number of para-hydroxylation sites is 1. The molecule has 0 aliphatic heterocycles. The number of benzene rings is 9. The Kier molecular flexibility index (Phi) is 8.04. The van der Waals surface area contributed by atoms with E-state index in [9.17, 15) is 0 Å². The molecule has 0 saturated heterocycles. The minimum atomic E-state index is 0.869. The van der Waals surface area contributed by atoms with Gasteiger partial charge in [-0.1, -0.05) is 164 Å². The lowest BCUT2D eigenvalue weighted by Gasteiger charge is -2.29. The zero-order valence-corrected chi connectivity index (χ0v) is 31.8. The fourth-order valence-electron chi connectivity index (χ4n) is 8.37. The fourth-order valence-corrected chi connectivity index (χ4v) is 9.61. The third-order valence-corrected chi connectivity index (χ3v) is 12.3. The van der Waals surface area contributed by atoms with E-state index >= 15 is 0 Å². The monoisotopic (exact) mass is 745 g/mol. The van der Waals surface area contributed by atoms with Crippen molar-refractivity contribution in [3.63, 3.8) is 0 Å². The fraction of sp³-hybridized carbons (Fsp3) is 0. The lowest BCUT2D eigenvalue weighted by molar-refractivity contribution is 0.669. The van der Waals surface area contributed by atoms with E-state index in [1.165, 1.54) is 53.6 Å². The number of anilines is 3. The maximum atomic E-state index is 6.52. The molecule has 11 rings (SSSR count). The van der Waals surface area contributed by atoms with Crippen LogP contribution < -0.4 is 4.90 Å². The summed E-state index contributed by atoms with van der Waals surface area (Å²) in [7, 11) is 0. The van der Waals surface area contributed by atoms with Crippen LogP contribution in [-0.2, 0) is 0 Å². The van der Waals surface area contributed by atoms with Crippen molar-refractivity contribution in [2.24, 2.45) is 0 Å². The first-order valence-corrected chi connectivity index (χ1v) is 20.1. The zero-order valence-electron chi connectivity index (χ0n) is 31.0. The van der Waals surface area contributed by atoms with E-state index in [1.54, 1.807) is 0 Å². The van der Waals surface area contributed by atoms with Crippen LogP contribution in [0.2, 0.25) is 0 Å². The normalized spacial score (nSPS) is 11.5. The van der Waals surface area contributed by atoms with Crippen molar-refractivity contribution in [2.75, 3.05) is 4.90 Å². The predicted molar refractivity (Wildman–Crippen MR) is 243 cm³/mol. The highest BCUT2D eigenvalue weighted by atomic mass is 32.1. The summed E-state index contributed by atoms with van der Waals surface area (Å²) >= 11 is 1.87. The van der Waals surface area contributed by atoms with Crippen LogP contribution in [0.15, 0.2) is 217 Å². The van der Waals surface area contributed by atoms with E-state index in [0.29, 0.717) is 0 Å². The van der Waals surface area contributed by atoms with Crippen LogP contribution in [0.5, 0.6) is 0 Å². The summed E-state index contributed by atoms with van der Waals surface area (Å²) in [5.74, 6) is 0. The second-order valence-corrected chi connectivity index (χ2v) is 15.5. The maximum absolute atomic E-state index is 6.52. The smallest absolute Gasteiger partial charge is 0.136 e. The summed E-state index contributed by atoms with van der Waals surface area (Å²) in [4.78, 5) is 2.40. The molecule has 11 aromatic rings. The van der Waals surface area contributed by atoms with Gasteiger partial charge < -0.3 is 9.32 Å². The van der Waals surface area contributed by atoms with Gasteiger partial charge in [0.1, 0.15) is 11.2 Å². The molecule has 0 aliphatic rings. The van der Waals surface area contributed by atoms with E-state index in [0.717, 1.165) is 50.1 Å².